The van der Waals surface area contributed by atoms with Gasteiger partial charge in [-0.1, -0.05) is 6.92 Å². The van der Waals surface area contributed by atoms with Gasteiger partial charge in [-0.15, -0.1) is 0 Å². The highest BCUT2D eigenvalue weighted by molar-refractivity contribution is 6.23. The first-order valence-corrected chi connectivity index (χ1v) is 7.65. The Morgan fingerprint density at radius 1 is 1.25 bits per heavy atom. The van der Waals surface area contributed by atoms with Gasteiger partial charge in [0.25, 0.3) is 0 Å². The molecule has 2 rings (SSSR count). The summed E-state index contributed by atoms with van der Waals surface area (Å²) in [7, 11) is 0. The van der Waals surface area contributed by atoms with Gasteiger partial charge < -0.3 is 14.8 Å². The number of rotatable bonds is 5. The maximum atomic E-state index is 11.9. The van der Waals surface area contributed by atoms with Crippen molar-refractivity contribution in [3.05, 3.63) is 53.4 Å². The second kappa shape index (κ2) is 7.59. The largest absolute Gasteiger partial charge is 0.459 e. The maximum absolute atomic E-state index is 11.9. The quantitative estimate of drug-likeness (QED) is 0.508. The Morgan fingerprint density at radius 3 is 2.46 bits per heavy atom. The SMILES string of the molecule is CCC1=CC(=O)C(=CNc2ccc(C(=O)OC(C)C)cc2)C(=O)O1. The van der Waals surface area contributed by atoms with E-state index in [4.69, 9.17) is 9.47 Å². The number of anilines is 1. The van der Waals surface area contributed by atoms with Gasteiger partial charge in [0.2, 0.25) is 0 Å². The van der Waals surface area contributed by atoms with Gasteiger partial charge in [0, 0.05) is 24.4 Å². The van der Waals surface area contributed by atoms with Gasteiger partial charge in [0.05, 0.1) is 11.7 Å². The summed E-state index contributed by atoms with van der Waals surface area (Å²) in [6, 6.07) is 6.50. The molecule has 0 unspecified atom stereocenters. The van der Waals surface area contributed by atoms with Crippen LogP contribution in [0.2, 0.25) is 0 Å². The van der Waals surface area contributed by atoms with Crippen molar-refractivity contribution in [1.29, 1.82) is 0 Å². The lowest BCUT2D eigenvalue weighted by molar-refractivity contribution is -0.137. The van der Waals surface area contributed by atoms with Crippen LogP contribution in [-0.2, 0) is 19.1 Å². The van der Waals surface area contributed by atoms with Crippen LogP contribution < -0.4 is 5.32 Å². The fourth-order valence-corrected chi connectivity index (χ4v) is 1.97. The summed E-state index contributed by atoms with van der Waals surface area (Å²) in [5.41, 5.74) is 0.968. The number of hydrogen-bond donors (Lipinski definition) is 1. The van der Waals surface area contributed by atoms with Gasteiger partial charge in [-0.3, -0.25) is 4.79 Å². The Bertz CT molecular complexity index is 713. The van der Waals surface area contributed by atoms with Gasteiger partial charge in [-0.2, -0.15) is 0 Å². The van der Waals surface area contributed by atoms with Gasteiger partial charge in [0.1, 0.15) is 11.3 Å². The van der Waals surface area contributed by atoms with E-state index in [1.807, 2.05) is 0 Å². The number of allylic oxidation sites excluding steroid dienone is 2. The smallest absolute Gasteiger partial charge is 0.348 e. The van der Waals surface area contributed by atoms with Crippen LogP contribution in [0, 0.1) is 0 Å². The van der Waals surface area contributed by atoms with E-state index in [0.29, 0.717) is 23.4 Å². The molecule has 6 heteroatoms. The van der Waals surface area contributed by atoms with Crippen molar-refractivity contribution in [3.63, 3.8) is 0 Å². The van der Waals surface area contributed by atoms with Crippen LogP contribution in [0.25, 0.3) is 0 Å². The zero-order valence-corrected chi connectivity index (χ0v) is 13.8. The zero-order valence-electron chi connectivity index (χ0n) is 13.8. The summed E-state index contributed by atoms with van der Waals surface area (Å²) in [5, 5.41) is 2.85. The number of cyclic esters (lactones) is 1. The summed E-state index contributed by atoms with van der Waals surface area (Å²) in [5.74, 6) is -1.12. The van der Waals surface area contributed by atoms with Crippen LogP contribution in [0.15, 0.2) is 47.9 Å². The molecule has 126 valence electrons. The van der Waals surface area contributed by atoms with Gasteiger partial charge in [0.15, 0.2) is 5.78 Å². The van der Waals surface area contributed by atoms with Gasteiger partial charge >= 0.3 is 11.9 Å². The molecule has 0 atom stereocenters. The minimum Gasteiger partial charge on any atom is -0.459 e. The van der Waals surface area contributed by atoms with Crippen molar-refractivity contribution >= 4 is 23.4 Å². The molecule has 0 aromatic heterocycles. The standard InChI is InChI=1S/C18H19NO5/c1-4-14-9-16(20)15(18(22)24-14)10-19-13-7-5-12(6-8-13)17(21)23-11(2)3/h5-11,19H,4H2,1-3H3. The molecule has 0 saturated heterocycles. The Hall–Kier alpha value is -2.89. The normalized spacial score (nSPS) is 16.0. The average Bonchev–Trinajstić information content (AvgIpc) is 2.53. The summed E-state index contributed by atoms with van der Waals surface area (Å²) in [4.78, 5) is 35.4. The van der Waals surface area contributed by atoms with Crippen molar-refractivity contribution in [3.8, 4) is 0 Å². The lowest BCUT2D eigenvalue weighted by Crippen LogP contribution is -2.21. The second-order valence-corrected chi connectivity index (χ2v) is 5.45. The van der Waals surface area contributed by atoms with Crippen LogP contribution in [0.3, 0.4) is 0 Å². The molecule has 1 aliphatic heterocycles. The van der Waals surface area contributed by atoms with Crippen LogP contribution >= 0.6 is 0 Å². The first-order chi connectivity index (χ1) is 11.4. The van der Waals surface area contributed by atoms with E-state index in [1.165, 1.54) is 12.3 Å². The third-order valence-corrected chi connectivity index (χ3v) is 3.20. The number of esters is 2. The fraction of sp³-hybridized carbons (Fsp3) is 0.278. The number of nitrogens with one attached hydrogen (secondary N) is 1. The first kappa shape index (κ1) is 17.5. The van der Waals surface area contributed by atoms with E-state index < -0.39 is 17.7 Å². The highest BCUT2D eigenvalue weighted by atomic mass is 16.5. The molecule has 0 aliphatic carbocycles. The van der Waals surface area contributed by atoms with E-state index in [9.17, 15) is 14.4 Å². The van der Waals surface area contributed by atoms with Crippen LogP contribution in [0.1, 0.15) is 37.6 Å². The third-order valence-electron chi connectivity index (χ3n) is 3.20. The molecule has 0 amide bonds. The minimum atomic E-state index is -0.677. The number of carbonyl (C=O) groups is 3. The maximum Gasteiger partial charge on any atom is 0.348 e. The molecule has 6 nitrogen and oxygen atoms in total. The van der Waals surface area contributed by atoms with Gasteiger partial charge in [-0.25, -0.2) is 9.59 Å². The summed E-state index contributed by atoms with van der Waals surface area (Å²) >= 11 is 0. The van der Waals surface area contributed by atoms with Crippen molar-refractivity contribution < 1.29 is 23.9 Å². The topological polar surface area (TPSA) is 81.7 Å². The van der Waals surface area contributed by atoms with Crippen molar-refractivity contribution in [2.45, 2.75) is 33.3 Å². The number of benzene rings is 1. The van der Waals surface area contributed by atoms with Gasteiger partial charge in [-0.05, 0) is 38.1 Å². The lowest BCUT2D eigenvalue weighted by Gasteiger charge is -2.13. The predicted molar refractivity (Wildman–Crippen MR) is 88.2 cm³/mol. The molecule has 0 saturated carbocycles. The highest BCUT2D eigenvalue weighted by Gasteiger charge is 2.25. The molecule has 24 heavy (non-hydrogen) atoms. The second-order valence-electron chi connectivity index (χ2n) is 5.45. The molecule has 1 aromatic carbocycles. The van der Waals surface area contributed by atoms with E-state index >= 15 is 0 Å². The molecule has 1 aromatic rings. The molecular weight excluding hydrogens is 310 g/mol. The Balaban J connectivity index is 2.07. The number of hydrogen-bond acceptors (Lipinski definition) is 6. The van der Waals surface area contributed by atoms with Crippen molar-refractivity contribution in [2.24, 2.45) is 0 Å². The highest BCUT2D eigenvalue weighted by Crippen LogP contribution is 2.17. The van der Waals surface area contributed by atoms with Crippen LogP contribution in [0.5, 0.6) is 0 Å². The summed E-state index contributed by atoms with van der Waals surface area (Å²) in [6.07, 6.45) is 2.89. The lowest BCUT2D eigenvalue weighted by atomic mass is 10.1. The number of ketones is 1. The molecule has 1 aliphatic rings. The fourth-order valence-electron chi connectivity index (χ4n) is 1.97. The third kappa shape index (κ3) is 4.32. The Labute approximate surface area is 140 Å². The monoisotopic (exact) mass is 329 g/mol. The minimum absolute atomic E-state index is 0.0736. The van der Waals surface area contributed by atoms with Crippen LogP contribution in [0.4, 0.5) is 5.69 Å². The predicted octanol–water partition coefficient (Wildman–Crippen LogP) is 2.97. The number of carbonyl (C=O) groups excluding carboxylic acids is 3. The van der Waals surface area contributed by atoms with Crippen LogP contribution in [-0.4, -0.2) is 23.8 Å². The van der Waals surface area contributed by atoms with E-state index in [-0.39, 0.29) is 11.7 Å². The van der Waals surface area contributed by atoms with E-state index in [1.54, 1.807) is 45.0 Å². The summed E-state index contributed by atoms with van der Waals surface area (Å²) in [6.45, 7) is 5.35. The molecule has 0 radical (unpaired) electrons. The molecular formula is C18H19NO5. The first-order valence-electron chi connectivity index (χ1n) is 7.65. The molecule has 0 spiro atoms. The van der Waals surface area contributed by atoms with Crippen molar-refractivity contribution in [2.75, 3.05) is 5.32 Å². The zero-order chi connectivity index (χ0) is 17.7. The van der Waals surface area contributed by atoms with E-state index in [0.717, 1.165) is 0 Å². The molecule has 1 N–H and O–H groups in total. The number of ether oxygens (including phenoxy) is 2. The summed E-state index contributed by atoms with van der Waals surface area (Å²) < 4.78 is 10.1. The van der Waals surface area contributed by atoms with E-state index in [2.05, 4.69) is 5.32 Å². The average molecular weight is 329 g/mol. The molecule has 0 fully saturated rings. The Morgan fingerprint density at radius 2 is 1.92 bits per heavy atom. The Kier molecular flexibility index (Phi) is 5.52. The molecule has 0 bridgehead atoms. The van der Waals surface area contributed by atoms with Crippen molar-refractivity contribution in [1.82, 2.24) is 0 Å². The molecule has 1 heterocycles.